The van der Waals surface area contributed by atoms with E-state index in [0.29, 0.717) is 12.1 Å². The van der Waals surface area contributed by atoms with Crippen molar-refractivity contribution in [1.82, 2.24) is 14.7 Å². The first kappa shape index (κ1) is 12.7. The normalized spacial score (nSPS) is 10.7. The van der Waals surface area contributed by atoms with Crippen LogP contribution in [0, 0.1) is 0 Å². The highest BCUT2D eigenvalue weighted by Crippen LogP contribution is 2.13. The average molecular weight is 287 g/mol. The van der Waals surface area contributed by atoms with Gasteiger partial charge in [0, 0.05) is 23.3 Å². The third kappa shape index (κ3) is 2.50. The molecule has 3 aromatic rings. The number of methoxy groups -OCH3 is 1. The molecule has 2 heterocycles. The van der Waals surface area contributed by atoms with Crippen molar-refractivity contribution in [3.8, 4) is 5.75 Å². The third-order valence-electron chi connectivity index (χ3n) is 2.93. The molecule has 0 saturated heterocycles. The van der Waals surface area contributed by atoms with Crippen LogP contribution < -0.4 is 10.1 Å². The molecule has 0 atom stereocenters. The molecule has 0 radical (unpaired) electrons. The van der Waals surface area contributed by atoms with Gasteiger partial charge in [0.2, 0.25) is 0 Å². The highest BCUT2D eigenvalue weighted by atomic mass is 32.1. The van der Waals surface area contributed by atoms with Gasteiger partial charge in [0.25, 0.3) is 5.91 Å². The van der Waals surface area contributed by atoms with Crippen LogP contribution in [0.15, 0.2) is 42.0 Å². The van der Waals surface area contributed by atoms with Crippen LogP contribution in [0.2, 0.25) is 0 Å². The quantitative estimate of drug-likeness (QED) is 0.801. The van der Waals surface area contributed by atoms with Gasteiger partial charge in [-0.15, -0.1) is 11.3 Å². The zero-order chi connectivity index (χ0) is 13.9. The van der Waals surface area contributed by atoms with Gasteiger partial charge in [-0.25, -0.2) is 4.98 Å². The van der Waals surface area contributed by atoms with Gasteiger partial charge in [0.1, 0.15) is 5.75 Å². The van der Waals surface area contributed by atoms with Gasteiger partial charge < -0.3 is 10.1 Å². The first-order chi connectivity index (χ1) is 9.76. The molecule has 0 saturated carbocycles. The predicted octanol–water partition coefficient (Wildman–Crippen LogP) is 2.33. The Hall–Kier alpha value is -2.34. The Bertz CT molecular complexity index is 702. The number of hydrogen-bond acceptors (Lipinski definition) is 4. The van der Waals surface area contributed by atoms with Crippen LogP contribution in [0.5, 0.6) is 5.75 Å². The Labute approximate surface area is 119 Å². The van der Waals surface area contributed by atoms with E-state index in [4.69, 9.17) is 4.74 Å². The van der Waals surface area contributed by atoms with Crippen LogP contribution in [0.1, 0.15) is 16.1 Å². The van der Waals surface area contributed by atoms with E-state index >= 15 is 0 Å². The van der Waals surface area contributed by atoms with Gasteiger partial charge in [-0.3, -0.25) is 9.20 Å². The van der Waals surface area contributed by atoms with Gasteiger partial charge in [-0.1, -0.05) is 0 Å². The Kier molecular flexibility index (Phi) is 3.39. The molecule has 1 N–H and O–H groups in total. The largest absolute Gasteiger partial charge is 0.497 e. The number of ether oxygens (including phenoxy) is 1. The second kappa shape index (κ2) is 5.34. The summed E-state index contributed by atoms with van der Waals surface area (Å²) >= 11 is 1.57. The second-order valence-electron chi connectivity index (χ2n) is 4.24. The van der Waals surface area contributed by atoms with Crippen molar-refractivity contribution in [3.05, 3.63) is 53.3 Å². The average Bonchev–Trinajstić information content (AvgIpc) is 3.06. The second-order valence-corrected chi connectivity index (χ2v) is 5.11. The summed E-state index contributed by atoms with van der Waals surface area (Å²) in [5.41, 5.74) is 1.45. The lowest BCUT2D eigenvalue weighted by atomic mass is 10.2. The molecule has 0 unspecified atom stereocenters. The fraction of sp³-hybridized carbons (Fsp3) is 0.143. The zero-order valence-corrected chi connectivity index (χ0v) is 11.7. The molecule has 20 heavy (non-hydrogen) atoms. The summed E-state index contributed by atoms with van der Waals surface area (Å²) in [6.07, 6.45) is 3.86. The van der Waals surface area contributed by atoms with Crippen LogP contribution in [0.25, 0.3) is 4.96 Å². The van der Waals surface area contributed by atoms with Crippen LogP contribution in [0.3, 0.4) is 0 Å². The van der Waals surface area contributed by atoms with Gasteiger partial charge in [0.05, 0.1) is 19.3 Å². The SMILES string of the molecule is COc1ccc(C(=O)NCc2cn3ccsc3n2)cc1. The minimum absolute atomic E-state index is 0.121. The number of thiazole rings is 1. The highest BCUT2D eigenvalue weighted by molar-refractivity contribution is 7.15. The van der Waals surface area contributed by atoms with E-state index in [1.54, 1.807) is 42.7 Å². The number of carbonyl (C=O) groups excluding carboxylic acids is 1. The number of aromatic nitrogens is 2. The van der Waals surface area contributed by atoms with E-state index in [0.717, 1.165) is 16.4 Å². The Morgan fingerprint density at radius 3 is 2.90 bits per heavy atom. The van der Waals surface area contributed by atoms with Crippen LogP contribution in [0.4, 0.5) is 0 Å². The van der Waals surface area contributed by atoms with Gasteiger partial charge in [-0.2, -0.15) is 0 Å². The van der Waals surface area contributed by atoms with E-state index in [-0.39, 0.29) is 5.91 Å². The Balaban J connectivity index is 1.64. The van der Waals surface area contributed by atoms with E-state index < -0.39 is 0 Å². The maximum Gasteiger partial charge on any atom is 0.251 e. The summed E-state index contributed by atoms with van der Waals surface area (Å²) < 4.78 is 7.00. The Morgan fingerprint density at radius 2 is 2.20 bits per heavy atom. The van der Waals surface area contributed by atoms with E-state index in [9.17, 15) is 4.79 Å². The molecule has 0 bridgehead atoms. The van der Waals surface area contributed by atoms with Gasteiger partial charge >= 0.3 is 0 Å². The number of benzene rings is 1. The van der Waals surface area contributed by atoms with E-state index in [1.165, 1.54) is 0 Å². The molecular formula is C14H13N3O2S. The summed E-state index contributed by atoms with van der Waals surface area (Å²) in [7, 11) is 1.60. The summed E-state index contributed by atoms with van der Waals surface area (Å²) in [4.78, 5) is 17.3. The minimum Gasteiger partial charge on any atom is -0.497 e. The van der Waals surface area contributed by atoms with Gasteiger partial charge in [0.15, 0.2) is 4.96 Å². The minimum atomic E-state index is -0.121. The first-order valence-electron chi connectivity index (χ1n) is 6.09. The molecule has 0 spiro atoms. The molecule has 3 rings (SSSR count). The van der Waals surface area contributed by atoms with Crippen molar-refractivity contribution in [1.29, 1.82) is 0 Å². The lowest BCUT2D eigenvalue weighted by Gasteiger charge is -2.04. The molecule has 1 amide bonds. The molecule has 5 nitrogen and oxygen atoms in total. The van der Waals surface area contributed by atoms with Crippen molar-refractivity contribution in [2.45, 2.75) is 6.54 Å². The maximum atomic E-state index is 12.0. The molecule has 0 aliphatic heterocycles. The van der Waals surface area contributed by atoms with E-state index in [1.807, 2.05) is 22.2 Å². The number of nitrogens with one attached hydrogen (secondary N) is 1. The predicted molar refractivity (Wildman–Crippen MR) is 77.2 cm³/mol. The first-order valence-corrected chi connectivity index (χ1v) is 6.97. The number of fused-ring (bicyclic) bond motifs is 1. The fourth-order valence-corrected chi connectivity index (χ4v) is 2.60. The lowest BCUT2D eigenvalue weighted by molar-refractivity contribution is 0.0950. The topological polar surface area (TPSA) is 55.6 Å². The number of hydrogen-bond donors (Lipinski definition) is 1. The van der Waals surface area contributed by atoms with Crippen molar-refractivity contribution in [2.24, 2.45) is 0 Å². The fourth-order valence-electron chi connectivity index (χ4n) is 1.88. The van der Waals surface area contributed by atoms with Crippen LogP contribution in [-0.4, -0.2) is 22.4 Å². The van der Waals surface area contributed by atoms with Crippen LogP contribution >= 0.6 is 11.3 Å². The monoisotopic (exact) mass is 287 g/mol. The summed E-state index contributed by atoms with van der Waals surface area (Å²) in [5, 5.41) is 4.83. The lowest BCUT2D eigenvalue weighted by Crippen LogP contribution is -2.22. The van der Waals surface area contributed by atoms with E-state index in [2.05, 4.69) is 10.3 Å². The standard InChI is InChI=1S/C14H13N3O2S/c1-19-12-4-2-10(3-5-12)13(18)15-8-11-9-17-6-7-20-14(17)16-11/h2-7,9H,8H2,1H3,(H,15,18). The number of rotatable bonds is 4. The maximum absolute atomic E-state index is 12.0. The molecular weight excluding hydrogens is 274 g/mol. The molecule has 0 fully saturated rings. The molecule has 1 aromatic carbocycles. The Morgan fingerprint density at radius 1 is 1.40 bits per heavy atom. The molecule has 0 aliphatic carbocycles. The summed E-state index contributed by atoms with van der Waals surface area (Å²) in [5.74, 6) is 0.611. The van der Waals surface area contributed by atoms with Gasteiger partial charge in [-0.05, 0) is 24.3 Å². The molecule has 102 valence electrons. The molecule has 6 heteroatoms. The summed E-state index contributed by atoms with van der Waals surface area (Å²) in [6, 6.07) is 7.00. The number of imidazole rings is 1. The van der Waals surface area contributed by atoms with Crippen molar-refractivity contribution < 1.29 is 9.53 Å². The molecule has 2 aromatic heterocycles. The van der Waals surface area contributed by atoms with Crippen LogP contribution in [-0.2, 0) is 6.54 Å². The smallest absolute Gasteiger partial charge is 0.251 e. The number of amides is 1. The number of nitrogens with zero attached hydrogens (tertiary/aromatic N) is 2. The van der Waals surface area contributed by atoms with Crippen molar-refractivity contribution in [3.63, 3.8) is 0 Å². The third-order valence-corrected chi connectivity index (χ3v) is 3.70. The highest BCUT2D eigenvalue weighted by Gasteiger charge is 2.07. The van der Waals surface area contributed by atoms with Crippen molar-refractivity contribution >= 4 is 22.2 Å². The van der Waals surface area contributed by atoms with Crippen molar-refractivity contribution in [2.75, 3.05) is 7.11 Å². The zero-order valence-electron chi connectivity index (χ0n) is 10.9. The summed E-state index contributed by atoms with van der Waals surface area (Å²) in [6.45, 7) is 0.416. The molecule has 0 aliphatic rings. The number of carbonyl (C=O) groups is 1.